The maximum absolute atomic E-state index is 5.66. The van der Waals surface area contributed by atoms with E-state index in [4.69, 9.17) is 5.73 Å². The van der Waals surface area contributed by atoms with Crippen LogP contribution in [0.15, 0.2) is 35.7 Å². The van der Waals surface area contributed by atoms with Crippen molar-refractivity contribution in [3.05, 3.63) is 41.4 Å². The van der Waals surface area contributed by atoms with Gasteiger partial charge in [-0.05, 0) is 31.5 Å². The first-order chi connectivity index (χ1) is 10.3. The van der Waals surface area contributed by atoms with Crippen molar-refractivity contribution in [3.8, 4) is 0 Å². The molecule has 3 rings (SSSR count). The predicted octanol–water partition coefficient (Wildman–Crippen LogP) is 2.48. The molecule has 2 heterocycles. The highest BCUT2D eigenvalue weighted by atomic mass is 32.1. The smallest absolute Gasteiger partial charge is 0.180 e. The number of hydrogen-bond acceptors (Lipinski definition) is 5. The van der Waals surface area contributed by atoms with Crippen LogP contribution in [0.25, 0.3) is 0 Å². The Bertz CT molecular complexity index is 546. The van der Waals surface area contributed by atoms with Gasteiger partial charge in [-0.15, -0.1) is 11.3 Å². The fraction of sp³-hybridized carbons (Fsp3) is 0.438. The molecule has 1 aromatic heterocycles. The first-order valence-corrected chi connectivity index (χ1v) is 8.41. The van der Waals surface area contributed by atoms with Gasteiger partial charge in [0.05, 0.1) is 5.69 Å². The number of hydrogen-bond donors (Lipinski definition) is 1. The van der Waals surface area contributed by atoms with Gasteiger partial charge in [0, 0.05) is 37.2 Å². The summed E-state index contributed by atoms with van der Waals surface area (Å²) in [5.41, 5.74) is 8.14. The third kappa shape index (κ3) is 3.95. The molecule has 5 heteroatoms. The molecule has 0 atom stereocenters. The van der Waals surface area contributed by atoms with Gasteiger partial charge < -0.3 is 10.6 Å². The van der Waals surface area contributed by atoms with E-state index in [2.05, 4.69) is 50.5 Å². The lowest BCUT2D eigenvalue weighted by Crippen LogP contribution is -2.46. The quantitative estimate of drug-likeness (QED) is 0.921. The van der Waals surface area contributed by atoms with Crippen molar-refractivity contribution in [2.45, 2.75) is 12.8 Å². The van der Waals surface area contributed by atoms with Crippen LogP contribution in [0.3, 0.4) is 0 Å². The van der Waals surface area contributed by atoms with Crippen LogP contribution in [-0.4, -0.2) is 42.6 Å². The SMILES string of the molecule is Nc1nc(CCCN2CCN(c3ccccc3)CC2)cs1. The van der Waals surface area contributed by atoms with Gasteiger partial charge >= 0.3 is 0 Å². The number of aryl methyl sites for hydroxylation is 1. The largest absolute Gasteiger partial charge is 0.375 e. The Balaban J connectivity index is 1.40. The standard InChI is InChI=1S/C16H22N4S/c17-16-18-14(13-21-16)5-4-8-19-9-11-20(12-10-19)15-6-2-1-3-7-15/h1-3,6-7,13H,4-5,8-12H2,(H2,17,18). The maximum Gasteiger partial charge on any atom is 0.180 e. The Hall–Kier alpha value is -1.59. The lowest BCUT2D eigenvalue weighted by molar-refractivity contribution is 0.255. The zero-order chi connectivity index (χ0) is 14.5. The van der Waals surface area contributed by atoms with Crippen molar-refractivity contribution in [1.29, 1.82) is 0 Å². The average molecular weight is 302 g/mol. The molecule has 1 fully saturated rings. The van der Waals surface area contributed by atoms with Crippen molar-refractivity contribution in [2.75, 3.05) is 43.4 Å². The minimum atomic E-state index is 0.682. The van der Waals surface area contributed by atoms with Crippen LogP contribution < -0.4 is 10.6 Å². The van der Waals surface area contributed by atoms with Crippen molar-refractivity contribution in [1.82, 2.24) is 9.88 Å². The van der Waals surface area contributed by atoms with Gasteiger partial charge in [0.15, 0.2) is 5.13 Å². The lowest BCUT2D eigenvalue weighted by Gasteiger charge is -2.36. The van der Waals surface area contributed by atoms with Crippen LogP contribution in [0, 0.1) is 0 Å². The van der Waals surface area contributed by atoms with E-state index >= 15 is 0 Å². The summed E-state index contributed by atoms with van der Waals surface area (Å²) in [6.07, 6.45) is 2.20. The number of para-hydroxylation sites is 1. The molecular formula is C16H22N4S. The van der Waals surface area contributed by atoms with Gasteiger partial charge in [0.1, 0.15) is 0 Å². The number of aromatic nitrogens is 1. The molecule has 0 radical (unpaired) electrons. The molecule has 0 saturated carbocycles. The summed E-state index contributed by atoms with van der Waals surface area (Å²) in [6.45, 7) is 5.68. The first-order valence-electron chi connectivity index (χ1n) is 7.53. The number of nitrogens with zero attached hydrogens (tertiary/aromatic N) is 3. The molecule has 1 saturated heterocycles. The summed E-state index contributed by atoms with van der Waals surface area (Å²) in [7, 11) is 0. The fourth-order valence-corrected chi connectivity index (χ4v) is 3.39. The van der Waals surface area contributed by atoms with Gasteiger partial charge in [-0.1, -0.05) is 18.2 Å². The second-order valence-corrected chi connectivity index (χ2v) is 6.33. The molecule has 1 aromatic carbocycles. The van der Waals surface area contributed by atoms with Crippen LogP contribution in [0.1, 0.15) is 12.1 Å². The molecule has 4 nitrogen and oxygen atoms in total. The van der Waals surface area contributed by atoms with Crippen LogP contribution >= 0.6 is 11.3 Å². The number of rotatable bonds is 5. The van der Waals surface area contributed by atoms with Gasteiger partial charge in [-0.2, -0.15) is 0 Å². The van der Waals surface area contributed by atoms with Crippen molar-refractivity contribution in [2.24, 2.45) is 0 Å². The Morgan fingerprint density at radius 1 is 1.10 bits per heavy atom. The molecular weight excluding hydrogens is 280 g/mol. The summed E-state index contributed by atoms with van der Waals surface area (Å²) in [6, 6.07) is 10.7. The van der Waals surface area contributed by atoms with E-state index < -0.39 is 0 Å². The lowest BCUT2D eigenvalue weighted by atomic mass is 10.2. The van der Waals surface area contributed by atoms with Crippen LogP contribution in [0.2, 0.25) is 0 Å². The highest BCUT2D eigenvalue weighted by Crippen LogP contribution is 2.16. The van der Waals surface area contributed by atoms with E-state index in [-0.39, 0.29) is 0 Å². The molecule has 1 aliphatic heterocycles. The second kappa shape index (κ2) is 6.91. The Labute approximate surface area is 130 Å². The molecule has 1 aliphatic rings. The van der Waals surface area contributed by atoms with Crippen LogP contribution in [-0.2, 0) is 6.42 Å². The number of piperazine rings is 1. The Morgan fingerprint density at radius 3 is 2.52 bits per heavy atom. The number of nitrogen functional groups attached to an aromatic ring is 1. The summed E-state index contributed by atoms with van der Waals surface area (Å²) in [5, 5.41) is 2.75. The van der Waals surface area contributed by atoms with E-state index in [1.165, 1.54) is 17.0 Å². The molecule has 0 spiro atoms. The summed E-state index contributed by atoms with van der Waals surface area (Å²) >= 11 is 1.53. The number of thiazole rings is 1. The molecule has 0 unspecified atom stereocenters. The third-order valence-corrected chi connectivity index (χ3v) is 4.69. The van der Waals surface area contributed by atoms with Crippen molar-refractivity contribution >= 4 is 22.2 Å². The van der Waals surface area contributed by atoms with E-state index in [0.29, 0.717) is 5.13 Å². The maximum atomic E-state index is 5.66. The minimum Gasteiger partial charge on any atom is -0.375 e. The first kappa shape index (κ1) is 14.4. The van der Waals surface area contributed by atoms with E-state index in [9.17, 15) is 0 Å². The third-order valence-electron chi connectivity index (χ3n) is 3.97. The topological polar surface area (TPSA) is 45.4 Å². The molecule has 0 bridgehead atoms. The van der Waals surface area contributed by atoms with Gasteiger partial charge in [-0.3, -0.25) is 4.90 Å². The summed E-state index contributed by atoms with van der Waals surface area (Å²) in [5.74, 6) is 0. The molecule has 2 N–H and O–H groups in total. The number of anilines is 2. The number of nitrogens with two attached hydrogens (primary N) is 1. The second-order valence-electron chi connectivity index (χ2n) is 5.44. The zero-order valence-electron chi connectivity index (χ0n) is 12.2. The molecule has 21 heavy (non-hydrogen) atoms. The van der Waals surface area contributed by atoms with Crippen LogP contribution in [0.4, 0.5) is 10.8 Å². The molecule has 0 aliphatic carbocycles. The summed E-state index contributed by atoms with van der Waals surface area (Å²) in [4.78, 5) is 9.34. The van der Waals surface area contributed by atoms with Crippen LogP contribution in [0.5, 0.6) is 0 Å². The predicted molar refractivity (Wildman–Crippen MR) is 89.9 cm³/mol. The van der Waals surface area contributed by atoms with Gasteiger partial charge in [0.2, 0.25) is 0 Å². The van der Waals surface area contributed by atoms with E-state index in [0.717, 1.165) is 51.3 Å². The van der Waals surface area contributed by atoms with Gasteiger partial charge in [0.25, 0.3) is 0 Å². The van der Waals surface area contributed by atoms with Gasteiger partial charge in [-0.25, -0.2) is 4.98 Å². The van der Waals surface area contributed by atoms with Crippen molar-refractivity contribution in [3.63, 3.8) is 0 Å². The monoisotopic (exact) mass is 302 g/mol. The summed E-state index contributed by atoms with van der Waals surface area (Å²) < 4.78 is 0. The normalized spacial score (nSPS) is 16.3. The molecule has 0 amide bonds. The Kier molecular flexibility index (Phi) is 4.72. The van der Waals surface area contributed by atoms with E-state index in [1.54, 1.807) is 0 Å². The van der Waals surface area contributed by atoms with Crippen molar-refractivity contribution < 1.29 is 0 Å². The fourth-order valence-electron chi connectivity index (χ4n) is 2.79. The zero-order valence-corrected chi connectivity index (χ0v) is 13.1. The highest BCUT2D eigenvalue weighted by molar-refractivity contribution is 7.13. The highest BCUT2D eigenvalue weighted by Gasteiger charge is 2.16. The molecule has 112 valence electrons. The average Bonchev–Trinajstić information content (AvgIpc) is 2.94. The minimum absolute atomic E-state index is 0.682. The number of benzene rings is 1. The molecule has 2 aromatic rings. The Morgan fingerprint density at radius 2 is 1.86 bits per heavy atom. The van der Waals surface area contributed by atoms with E-state index in [1.807, 2.05) is 0 Å².